The molecule has 2 aromatic rings. The molecule has 1 aromatic carbocycles. The standard InChI is InChI=1S/C24H33N3O4/c1-16(28)18-5-6-20-21(14-18)27(15-19-9-12-30-19)22(25-20)13-17-7-10-26(11-8-17)23(29)31-24(2,3)4/h5-6,14,17,19H,7-13,15H2,1-4H3/t19-/m0/s1. The number of rotatable bonds is 5. The van der Waals surface area contributed by atoms with Crippen LogP contribution in [0.25, 0.3) is 11.0 Å². The number of hydrogen-bond donors (Lipinski definition) is 0. The Kier molecular flexibility index (Phi) is 6.06. The quantitative estimate of drug-likeness (QED) is 0.668. The molecule has 1 amide bonds. The van der Waals surface area contributed by atoms with Gasteiger partial charge in [0.15, 0.2) is 5.78 Å². The Morgan fingerprint density at radius 3 is 2.48 bits per heavy atom. The molecule has 0 unspecified atom stereocenters. The van der Waals surface area contributed by atoms with E-state index in [9.17, 15) is 9.59 Å². The highest BCUT2D eigenvalue weighted by atomic mass is 16.6. The summed E-state index contributed by atoms with van der Waals surface area (Å²) >= 11 is 0. The Labute approximate surface area is 183 Å². The summed E-state index contributed by atoms with van der Waals surface area (Å²) in [4.78, 5) is 31.0. The Morgan fingerprint density at radius 2 is 1.90 bits per heavy atom. The second kappa shape index (κ2) is 8.61. The van der Waals surface area contributed by atoms with Gasteiger partial charge in [-0.3, -0.25) is 4.79 Å². The first-order valence-corrected chi connectivity index (χ1v) is 11.3. The van der Waals surface area contributed by atoms with Crippen molar-refractivity contribution < 1.29 is 19.1 Å². The predicted octanol–water partition coefficient (Wildman–Crippen LogP) is 4.22. The summed E-state index contributed by atoms with van der Waals surface area (Å²) in [6.45, 7) is 10.3. The minimum absolute atomic E-state index is 0.0607. The van der Waals surface area contributed by atoms with E-state index in [4.69, 9.17) is 14.5 Å². The molecule has 31 heavy (non-hydrogen) atoms. The van der Waals surface area contributed by atoms with Crippen LogP contribution >= 0.6 is 0 Å². The first-order chi connectivity index (χ1) is 14.7. The summed E-state index contributed by atoms with van der Waals surface area (Å²) < 4.78 is 13.4. The number of fused-ring (bicyclic) bond motifs is 1. The number of likely N-dealkylation sites (tertiary alicyclic amines) is 1. The van der Waals surface area contributed by atoms with Crippen molar-refractivity contribution in [3.05, 3.63) is 29.6 Å². The molecular weight excluding hydrogens is 394 g/mol. The molecule has 0 saturated carbocycles. The van der Waals surface area contributed by atoms with Crippen molar-refractivity contribution in [2.75, 3.05) is 19.7 Å². The van der Waals surface area contributed by atoms with E-state index in [0.717, 1.165) is 55.7 Å². The van der Waals surface area contributed by atoms with E-state index >= 15 is 0 Å². The summed E-state index contributed by atoms with van der Waals surface area (Å²) in [5, 5.41) is 0. The van der Waals surface area contributed by atoms with E-state index in [2.05, 4.69) is 4.57 Å². The molecule has 0 bridgehead atoms. The highest BCUT2D eigenvalue weighted by molar-refractivity contribution is 5.97. The van der Waals surface area contributed by atoms with Crippen molar-refractivity contribution in [3.63, 3.8) is 0 Å². The summed E-state index contributed by atoms with van der Waals surface area (Å²) in [7, 11) is 0. The van der Waals surface area contributed by atoms with Gasteiger partial charge in [-0.1, -0.05) is 0 Å². The lowest BCUT2D eigenvalue weighted by atomic mass is 9.93. The van der Waals surface area contributed by atoms with Gasteiger partial charge in [0.05, 0.1) is 23.7 Å². The van der Waals surface area contributed by atoms with Crippen LogP contribution in [-0.2, 0) is 22.4 Å². The number of benzene rings is 1. The number of ether oxygens (including phenoxy) is 2. The van der Waals surface area contributed by atoms with Crippen LogP contribution in [0.2, 0.25) is 0 Å². The first kappa shape index (κ1) is 21.8. The fraction of sp³-hybridized carbons (Fsp3) is 0.625. The number of amides is 1. The van der Waals surface area contributed by atoms with Crippen LogP contribution < -0.4 is 0 Å². The highest BCUT2D eigenvalue weighted by Crippen LogP contribution is 2.27. The zero-order chi connectivity index (χ0) is 22.2. The topological polar surface area (TPSA) is 73.7 Å². The van der Waals surface area contributed by atoms with E-state index in [1.807, 2.05) is 43.9 Å². The molecule has 168 valence electrons. The molecule has 1 aromatic heterocycles. The molecule has 0 radical (unpaired) electrons. The number of carbonyl (C=O) groups is 2. The van der Waals surface area contributed by atoms with E-state index in [1.54, 1.807) is 6.92 Å². The van der Waals surface area contributed by atoms with Crippen LogP contribution in [-0.4, -0.2) is 57.7 Å². The zero-order valence-electron chi connectivity index (χ0n) is 19.0. The molecule has 2 fully saturated rings. The van der Waals surface area contributed by atoms with Crippen LogP contribution in [0.1, 0.15) is 63.1 Å². The van der Waals surface area contributed by atoms with Gasteiger partial charge in [0, 0.05) is 31.7 Å². The van der Waals surface area contributed by atoms with Gasteiger partial charge >= 0.3 is 6.09 Å². The molecule has 2 aliphatic heterocycles. The fourth-order valence-corrected chi connectivity index (χ4v) is 4.29. The van der Waals surface area contributed by atoms with Crippen LogP contribution in [0.15, 0.2) is 18.2 Å². The Balaban J connectivity index is 1.48. The van der Waals surface area contributed by atoms with Crippen LogP contribution in [0.5, 0.6) is 0 Å². The van der Waals surface area contributed by atoms with Crippen molar-refractivity contribution in [1.29, 1.82) is 0 Å². The minimum Gasteiger partial charge on any atom is -0.444 e. The molecule has 1 atom stereocenters. The second-order valence-electron chi connectivity index (χ2n) is 9.79. The van der Waals surface area contributed by atoms with Crippen molar-refractivity contribution in [2.45, 2.75) is 71.6 Å². The highest BCUT2D eigenvalue weighted by Gasteiger charge is 2.29. The number of ketones is 1. The summed E-state index contributed by atoms with van der Waals surface area (Å²) in [6.07, 6.45) is 3.77. The minimum atomic E-state index is -0.471. The van der Waals surface area contributed by atoms with Gasteiger partial charge in [0.1, 0.15) is 11.4 Å². The zero-order valence-corrected chi connectivity index (χ0v) is 19.0. The van der Waals surface area contributed by atoms with Crippen molar-refractivity contribution >= 4 is 22.9 Å². The van der Waals surface area contributed by atoms with Gasteiger partial charge < -0.3 is 18.9 Å². The van der Waals surface area contributed by atoms with Gasteiger partial charge in [-0.25, -0.2) is 9.78 Å². The maximum absolute atomic E-state index is 12.3. The van der Waals surface area contributed by atoms with Gasteiger partial charge in [0.25, 0.3) is 0 Å². The third kappa shape index (κ3) is 5.09. The molecule has 2 aliphatic rings. The Morgan fingerprint density at radius 1 is 1.19 bits per heavy atom. The SMILES string of the molecule is CC(=O)c1ccc2nc(CC3CCN(C(=O)OC(C)(C)C)CC3)n(C[C@@H]3CCO3)c2c1. The number of piperidine rings is 1. The normalized spacial score (nSPS) is 20.0. The molecule has 4 rings (SSSR count). The number of nitrogens with zero attached hydrogens (tertiary/aromatic N) is 3. The van der Waals surface area contributed by atoms with Crippen LogP contribution in [0.3, 0.4) is 0 Å². The summed E-state index contributed by atoms with van der Waals surface area (Å²) in [6, 6.07) is 5.75. The molecule has 0 N–H and O–H groups in total. The van der Waals surface area contributed by atoms with Gasteiger partial charge in [0.2, 0.25) is 0 Å². The number of carbonyl (C=O) groups excluding carboxylic acids is 2. The molecule has 7 heteroatoms. The second-order valence-corrected chi connectivity index (χ2v) is 9.79. The predicted molar refractivity (Wildman–Crippen MR) is 118 cm³/mol. The van der Waals surface area contributed by atoms with Crippen molar-refractivity contribution in [2.24, 2.45) is 5.92 Å². The third-order valence-electron chi connectivity index (χ3n) is 6.15. The average Bonchev–Trinajstić information content (AvgIpc) is 3.00. The van der Waals surface area contributed by atoms with E-state index in [1.165, 1.54) is 0 Å². The molecule has 2 saturated heterocycles. The molecule has 0 aliphatic carbocycles. The maximum Gasteiger partial charge on any atom is 0.410 e. The number of aromatic nitrogens is 2. The lowest BCUT2D eigenvalue weighted by molar-refractivity contribution is -0.0591. The maximum atomic E-state index is 12.3. The smallest absolute Gasteiger partial charge is 0.410 e. The molecule has 3 heterocycles. The number of Topliss-reactive ketones (excluding diaryl/α,β-unsaturated/α-hetero) is 1. The van der Waals surface area contributed by atoms with Crippen molar-refractivity contribution in [1.82, 2.24) is 14.5 Å². The van der Waals surface area contributed by atoms with E-state index < -0.39 is 5.60 Å². The number of hydrogen-bond acceptors (Lipinski definition) is 5. The average molecular weight is 428 g/mol. The van der Waals surface area contributed by atoms with Crippen LogP contribution in [0, 0.1) is 5.92 Å². The molecular formula is C24H33N3O4. The summed E-state index contributed by atoms with van der Waals surface area (Å²) in [5.41, 5.74) is 2.16. The molecule has 7 nitrogen and oxygen atoms in total. The Hall–Kier alpha value is -2.41. The van der Waals surface area contributed by atoms with Crippen molar-refractivity contribution in [3.8, 4) is 0 Å². The molecule has 0 spiro atoms. The lowest BCUT2D eigenvalue weighted by Crippen LogP contribution is -2.42. The number of imidazole rings is 1. The van der Waals surface area contributed by atoms with Gasteiger partial charge in [-0.05, 0) is 71.1 Å². The Bertz CT molecular complexity index is 963. The van der Waals surface area contributed by atoms with Gasteiger partial charge in [-0.15, -0.1) is 0 Å². The van der Waals surface area contributed by atoms with E-state index in [-0.39, 0.29) is 18.0 Å². The third-order valence-corrected chi connectivity index (χ3v) is 6.15. The fourth-order valence-electron chi connectivity index (χ4n) is 4.29. The van der Waals surface area contributed by atoms with Gasteiger partial charge in [-0.2, -0.15) is 0 Å². The van der Waals surface area contributed by atoms with Crippen LogP contribution in [0.4, 0.5) is 4.79 Å². The largest absolute Gasteiger partial charge is 0.444 e. The monoisotopic (exact) mass is 427 g/mol. The first-order valence-electron chi connectivity index (χ1n) is 11.3. The summed E-state index contributed by atoms with van der Waals surface area (Å²) in [5.74, 6) is 1.57. The lowest BCUT2D eigenvalue weighted by Gasteiger charge is -2.33. The van der Waals surface area contributed by atoms with E-state index in [0.29, 0.717) is 24.6 Å².